The normalized spacial score (nSPS) is 20.1. The lowest BCUT2D eigenvalue weighted by Crippen LogP contribution is -2.40. The van der Waals surface area contributed by atoms with E-state index >= 15 is 0 Å². The molecule has 4 heterocycles. The molecule has 1 aromatic carbocycles. The molecule has 3 aliphatic rings. The zero-order valence-corrected chi connectivity index (χ0v) is 23.1. The van der Waals surface area contributed by atoms with E-state index in [4.69, 9.17) is 0 Å². The lowest BCUT2D eigenvalue weighted by molar-refractivity contribution is -0.0222. The summed E-state index contributed by atoms with van der Waals surface area (Å²) in [5, 5.41) is 8.59. The summed E-state index contributed by atoms with van der Waals surface area (Å²) in [6.07, 6.45) is 5.70. The summed E-state index contributed by atoms with van der Waals surface area (Å²) in [4.78, 5) is 8.22. The maximum absolute atomic E-state index is 14.6. The fourth-order valence-corrected chi connectivity index (χ4v) is 6.16. The number of hydrogen-bond donors (Lipinski definition) is 1. The molecule has 0 unspecified atom stereocenters. The van der Waals surface area contributed by atoms with Gasteiger partial charge in [-0.25, -0.2) is 31.3 Å². The number of benzene rings is 1. The van der Waals surface area contributed by atoms with Gasteiger partial charge in [-0.05, 0) is 68.4 Å². The van der Waals surface area contributed by atoms with Crippen LogP contribution in [-0.4, -0.2) is 66.3 Å². The van der Waals surface area contributed by atoms with Crippen molar-refractivity contribution in [2.45, 2.75) is 51.4 Å². The van der Waals surface area contributed by atoms with Crippen LogP contribution in [-0.2, 0) is 10.0 Å². The third-order valence-corrected chi connectivity index (χ3v) is 9.68. The first-order chi connectivity index (χ1) is 19.1. The zero-order valence-electron chi connectivity index (χ0n) is 22.3. The van der Waals surface area contributed by atoms with E-state index in [2.05, 4.69) is 24.9 Å². The van der Waals surface area contributed by atoms with Crippen molar-refractivity contribution in [3.8, 4) is 17.1 Å². The molecule has 214 valence electrons. The van der Waals surface area contributed by atoms with Crippen molar-refractivity contribution < 1.29 is 21.6 Å². The fourth-order valence-electron chi connectivity index (χ4n) is 5.52. The van der Waals surface area contributed by atoms with E-state index in [1.807, 2.05) is 6.07 Å². The molecule has 1 saturated carbocycles. The van der Waals surface area contributed by atoms with Crippen LogP contribution in [0.3, 0.4) is 0 Å². The molecule has 0 radical (unpaired) electrons. The maximum Gasteiger partial charge on any atom is 0.251 e. The molecule has 2 saturated heterocycles. The number of piperidine rings is 2. The summed E-state index contributed by atoms with van der Waals surface area (Å²) in [6.45, 7) is 3.33. The van der Waals surface area contributed by atoms with E-state index in [9.17, 15) is 21.6 Å². The lowest BCUT2D eigenvalue weighted by atomic mass is 9.93. The van der Waals surface area contributed by atoms with Gasteiger partial charge in [-0.15, -0.1) is 5.10 Å². The van der Waals surface area contributed by atoms with E-state index in [0.717, 1.165) is 37.3 Å². The van der Waals surface area contributed by atoms with Gasteiger partial charge in [0.1, 0.15) is 5.69 Å². The Morgan fingerprint density at radius 3 is 2.27 bits per heavy atom. The van der Waals surface area contributed by atoms with Crippen molar-refractivity contribution >= 4 is 27.2 Å². The first-order valence-corrected chi connectivity index (χ1v) is 15.3. The second-order valence-electron chi connectivity index (χ2n) is 11.1. The highest BCUT2D eigenvalue weighted by atomic mass is 32.2. The number of anilines is 3. The van der Waals surface area contributed by atoms with E-state index < -0.39 is 21.8 Å². The number of pyridine rings is 1. The highest BCUT2D eigenvalue weighted by molar-refractivity contribution is 7.92. The first kappa shape index (κ1) is 26.9. The molecule has 1 N–H and O–H groups in total. The summed E-state index contributed by atoms with van der Waals surface area (Å²) < 4.78 is 70.6. The van der Waals surface area contributed by atoms with Crippen LogP contribution in [0.15, 0.2) is 36.5 Å². The number of hydrogen-bond acceptors (Lipinski definition) is 7. The van der Waals surface area contributed by atoms with Crippen LogP contribution < -0.4 is 14.5 Å². The number of aromatic nitrogens is 4. The first-order valence-electron chi connectivity index (χ1n) is 13.7. The summed E-state index contributed by atoms with van der Waals surface area (Å²) in [5.74, 6) is -3.33. The van der Waals surface area contributed by atoms with Crippen LogP contribution in [0.4, 0.5) is 30.4 Å². The van der Waals surface area contributed by atoms with Crippen molar-refractivity contribution in [3.63, 3.8) is 0 Å². The third-order valence-electron chi connectivity index (χ3n) is 8.38. The van der Waals surface area contributed by atoms with Gasteiger partial charge in [0.25, 0.3) is 5.92 Å². The van der Waals surface area contributed by atoms with Gasteiger partial charge in [0.15, 0.2) is 11.6 Å². The molecule has 6 rings (SSSR count). The third kappa shape index (κ3) is 5.48. The number of nitrogens with one attached hydrogen (secondary N) is 1. The van der Waals surface area contributed by atoms with Crippen molar-refractivity contribution in [1.82, 2.24) is 20.0 Å². The minimum absolute atomic E-state index is 0.0156. The Morgan fingerprint density at radius 2 is 1.60 bits per heavy atom. The van der Waals surface area contributed by atoms with Crippen LogP contribution in [0.5, 0.6) is 0 Å². The predicted octanol–water partition coefficient (Wildman–Crippen LogP) is 4.85. The predicted molar refractivity (Wildman–Crippen MR) is 147 cm³/mol. The van der Waals surface area contributed by atoms with Crippen molar-refractivity contribution in [3.05, 3.63) is 42.3 Å². The molecule has 9 nitrogen and oxygen atoms in total. The largest absolute Gasteiger partial charge is 0.370 e. The van der Waals surface area contributed by atoms with Gasteiger partial charge < -0.3 is 9.80 Å². The maximum atomic E-state index is 14.6. The van der Waals surface area contributed by atoms with Gasteiger partial charge >= 0.3 is 0 Å². The average molecular weight is 576 g/mol. The second kappa shape index (κ2) is 9.93. The Morgan fingerprint density at radius 1 is 0.900 bits per heavy atom. The molecule has 0 bridgehead atoms. The van der Waals surface area contributed by atoms with Crippen LogP contribution in [0.25, 0.3) is 17.1 Å². The summed E-state index contributed by atoms with van der Waals surface area (Å²) in [7, 11) is -3.45. The molecule has 0 atom stereocenters. The van der Waals surface area contributed by atoms with E-state index in [1.165, 1.54) is 29.9 Å². The summed E-state index contributed by atoms with van der Waals surface area (Å²) in [5.41, 5.74) is 3.29. The summed E-state index contributed by atoms with van der Waals surface area (Å²) in [6, 6.07) is 8.09. The highest BCUT2D eigenvalue weighted by Crippen LogP contribution is 2.54. The quantitative estimate of drug-likeness (QED) is 0.431. The van der Waals surface area contributed by atoms with Gasteiger partial charge in [0.05, 0.1) is 34.7 Å². The number of sulfonamides is 1. The molecule has 0 amide bonds. The van der Waals surface area contributed by atoms with Crippen LogP contribution >= 0.6 is 0 Å². The van der Waals surface area contributed by atoms with Crippen molar-refractivity contribution in [2.24, 2.45) is 5.41 Å². The monoisotopic (exact) mass is 575 g/mol. The minimum atomic E-state index is -3.45. The second-order valence-corrected chi connectivity index (χ2v) is 13.1. The Kier molecular flexibility index (Phi) is 6.67. The molecule has 3 aromatic rings. The number of nitrogens with zero attached hydrogens (tertiary/aromatic N) is 6. The van der Waals surface area contributed by atoms with Gasteiger partial charge in [-0.2, -0.15) is 0 Å². The number of alkyl halides is 2. The van der Waals surface area contributed by atoms with Gasteiger partial charge in [-0.3, -0.25) is 4.72 Å². The van der Waals surface area contributed by atoms with E-state index in [-0.39, 0.29) is 37.5 Å². The van der Waals surface area contributed by atoms with Crippen LogP contribution in [0, 0.1) is 11.2 Å². The van der Waals surface area contributed by atoms with E-state index in [0.29, 0.717) is 22.5 Å². The number of rotatable bonds is 7. The highest BCUT2D eigenvalue weighted by Gasteiger charge is 2.44. The summed E-state index contributed by atoms with van der Waals surface area (Å²) >= 11 is 0. The lowest BCUT2D eigenvalue weighted by Gasteiger charge is -2.35. The van der Waals surface area contributed by atoms with Crippen LogP contribution in [0.2, 0.25) is 0 Å². The minimum Gasteiger partial charge on any atom is -0.370 e. The molecule has 2 aliphatic heterocycles. The SMILES string of the molecule is CCS(=O)(=O)Nc1ccc(-n2cc(-c3ccc(F)c(N4CCC(F)(F)CC4)n3)nn2)c(N2CCC3(CC2)CC3)c1. The van der Waals surface area contributed by atoms with Crippen LogP contribution in [0.1, 0.15) is 45.4 Å². The molecule has 1 spiro atoms. The Labute approximate surface area is 231 Å². The number of halogens is 3. The topological polar surface area (TPSA) is 96.2 Å². The smallest absolute Gasteiger partial charge is 0.251 e. The molecular formula is C27H32F3N7O2S. The Balaban J connectivity index is 1.30. The molecule has 2 aromatic heterocycles. The standard InChI is InChI=1S/C27H32F3N7O2S/c1-2-40(38,39)33-19-3-6-23(24(17-19)35-13-9-26(7-8-26)10-14-35)37-18-22(32-34-37)21-5-4-20(28)25(31-21)36-15-11-27(29,30)12-16-36/h3-6,17-18,33H,2,7-16H2,1H3. The Bertz CT molecular complexity index is 1500. The van der Waals surface area contributed by atoms with Crippen molar-refractivity contribution in [1.29, 1.82) is 0 Å². The molecule has 1 aliphatic carbocycles. The fraction of sp³-hybridized carbons (Fsp3) is 0.519. The Hall–Kier alpha value is -3.35. The molecular weight excluding hydrogens is 543 g/mol. The molecule has 3 fully saturated rings. The van der Waals surface area contributed by atoms with Crippen molar-refractivity contribution in [2.75, 3.05) is 46.5 Å². The van der Waals surface area contributed by atoms with Gasteiger partial charge in [-0.1, -0.05) is 5.21 Å². The van der Waals surface area contributed by atoms with Gasteiger partial charge in [0, 0.05) is 39.0 Å². The van der Waals surface area contributed by atoms with E-state index in [1.54, 1.807) is 29.9 Å². The zero-order chi connectivity index (χ0) is 28.1. The average Bonchev–Trinajstić information content (AvgIpc) is 3.50. The molecule has 40 heavy (non-hydrogen) atoms. The van der Waals surface area contributed by atoms with Gasteiger partial charge in [0.2, 0.25) is 10.0 Å². The molecule has 13 heteroatoms.